The van der Waals surface area contributed by atoms with Crippen molar-refractivity contribution in [3.8, 4) is 0 Å². The maximum Gasteiger partial charge on any atom is 0.0630 e. The van der Waals surface area contributed by atoms with Crippen LogP contribution in [0.2, 0.25) is 5.02 Å². The zero-order valence-electron chi connectivity index (χ0n) is 7.24. The highest BCUT2D eigenvalue weighted by Crippen LogP contribution is 2.13. The van der Waals surface area contributed by atoms with Gasteiger partial charge in [0.1, 0.15) is 0 Å². The third-order valence-corrected chi connectivity index (χ3v) is 3.30. The van der Waals surface area contributed by atoms with Gasteiger partial charge in [0.25, 0.3) is 0 Å². The maximum atomic E-state index is 11.5. The molecule has 0 fully saturated rings. The number of aliphatic hydroxyl groups is 1. The molecular weight excluding hydrogens is 208 g/mol. The molecule has 0 bridgehead atoms. The van der Waals surface area contributed by atoms with Crippen molar-refractivity contribution < 1.29 is 9.32 Å². The first-order chi connectivity index (χ1) is 6.09. The molecule has 1 aromatic rings. The Morgan fingerprint density at radius 2 is 2.00 bits per heavy atom. The number of hydrogen-bond donors (Lipinski definition) is 1. The third kappa shape index (κ3) is 3.46. The SMILES string of the molecule is C[C@H](O)CS(=O)c1ccc(Cl)cc1. The summed E-state index contributed by atoms with van der Waals surface area (Å²) in [6, 6.07) is 6.80. The minimum Gasteiger partial charge on any atom is -0.392 e. The van der Waals surface area contributed by atoms with Crippen LogP contribution in [0.15, 0.2) is 29.2 Å². The summed E-state index contributed by atoms with van der Waals surface area (Å²) in [5.74, 6) is 0.266. The number of halogens is 1. The van der Waals surface area contributed by atoms with E-state index in [-0.39, 0.29) is 5.75 Å². The summed E-state index contributed by atoms with van der Waals surface area (Å²) in [5.41, 5.74) is 0. The lowest BCUT2D eigenvalue weighted by Gasteiger charge is -2.04. The predicted octanol–water partition coefficient (Wildman–Crippen LogP) is 1.83. The van der Waals surface area contributed by atoms with E-state index in [9.17, 15) is 4.21 Å². The molecule has 72 valence electrons. The first kappa shape index (κ1) is 10.7. The van der Waals surface area contributed by atoms with Crippen molar-refractivity contribution in [1.82, 2.24) is 0 Å². The second-order valence-corrected chi connectivity index (χ2v) is 4.75. The van der Waals surface area contributed by atoms with Crippen LogP contribution in [-0.4, -0.2) is 21.2 Å². The van der Waals surface area contributed by atoms with Gasteiger partial charge in [0.15, 0.2) is 0 Å². The lowest BCUT2D eigenvalue weighted by Crippen LogP contribution is -2.12. The van der Waals surface area contributed by atoms with Gasteiger partial charge in [-0.3, -0.25) is 4.21 Å². The summed E-state index contributed by atoms with van der Waals surface area (Å²) < 4.78 is 11.5. The number of hydrogen-bond acceptors (Lipinski definition) is 2. The van der Waals surface area contributed by atoms with Crippen molar-refractivity contribution >= 4 is 22.4 Å². The van der Waals surface area contributed by atoms with E-state index in [0.717, 1.165) is 0 Å². The molecule has 0 aliphatic heterocycles. The lowest BCUT2D eigenvalue weighted by atomic mass is 10.4. The van der Waals surface area contributed by atoms with Gasteiger partial charge < -0.3 is 5.11 Å². The molecule has 0 spiro atoms. The van der Waals surface area contributed by atoms with Crippen LogP contribution in [0, 0.1) is 0 Å². The van der Waals surface area contributed by atoms with Gasteiger partial charge in [0.05, 0.1) is 22.7 Å². The molecule has 1 rings (SSSR count). The van der Waals surface area contributed by atoms with E-state index in [1.807, 2.05) is 0 Å². The minimum absolute atomic E-state index is 0.266. The largest absolute Gasteiger partial charge is 0.392 e. The molecule has 0 saturated heterocycles. The molecule has 4 heteroatoms. The Morgan fingerprint density at radius 3 is 2.46 bits per heavy atom. The third-order valence-electron chi connectivity index (χ3n) is 1.47. The van der Waals surface area contributed by atoms with E-state index < -0.39 is 16.9 Å². The van der Waals surface area contributed by atoms with Crippen LogP contribution >= 0.6 is 11.6 Å². The standard InChI is InChI=1S/C9H11ClO2S/c1-7(11)6-13(12)9-4-2-8(10)3-5-9/h2-5,7,11H,6H2,1H3/t7-,13?/m0/s1. The molecule has 1 unspecified atom stereocenters. The van der Waals surface area contributed by atoms with Gasteiger partial charge >= 0.3 is 0 Å². The zero-order chi connectivity index (χ0) is 9.84. The van der Waals surface area contributed by atoms with E-state index in [1.54, 1.807) is 31.2 Å². The molecule has 0 amide bonds. The number of benzene rings is 1. The van der Waals surface area contributed by atoms with E-state index in [2.05, 4.69) is 0 Å². The average molecular weight is 219 g/mol. The Balaban J connectivity index is 2.72. The Bertz CT molecular complexity index is 295. The minimum atomic E-state index is -1.13. The highest BCUT2D eigenvalue weighted by molar-refractivity contribution is 7.85. The van der Waals surface area contributed by atoms with Crippen LogP contribution in [0.3, 0.4) is 0 Å². The van der Waals surface area contributed by atoms with E-state index in [1.165, 1.54) is 0 Å². The van der Waals surface area contributed by atoms with Gasteiger partial charge in [-0.15, -0.1) is 0 Å². The first-order valence-electron chi connectivity index (χ1n) is 3.91. The fourth-order valence-electron chi connectivity index (χ4n) is 0.902. The van der Waals surface area contributed by atoms with Crippen molar-refractivity contribution in [2.75, 3.05) is 5.75 Å². The van der Waals surface area contributed by atoms with Gasteiger partial charge in [0, 0.05) is 9.92 Å². The van der Waals surface area contributed by atoms with Crippen LogP contribution in [0.1, 0.15) is 6.92 Å². The fourth-order valence-corrected chi connectivity index (χ4v) is 2.10. The molecule has 0 radical (unpaired) electrons. The fraction of sp³-hybridized carbons (Fsp3) is 0.333. The Morgan fingerprint density at radius 1 is 1.46 bits per heavy atom. The molecule has 0 aliphatic rings. The monoisotopic (exact) mass is 218 g/mol. The lowest BCUT2D eigenvalue weighted by molar-refractivity contribution is 0.219. The van der Waals surface area contributed by atoms with Gasteiger partial charge in [-0.2, -0.15) is 0 Å². The van der Waals surface area contributed by atoms with Crippen molar-refractivity contribution in [1.29, 1.82) is 0 Å². The molecule has 0 aliphatic carbocycles. The molecule has 0 aromatic heterocycles. The second kappa shape index (κ2) is 4.74. The maximum absolute atomic E-state index is 11.5. The predicted molar refractivity (Wildman–Crippen MR) is 54.4 cm³/mol. The van der Waals surface area contributed by atoms with Crippen LogP contribution < -0.4 is 0 Å². The summed E-state index contributed by atoms with van der Waals surface area (Å²) in [7, 11) is -1.13. The molecule has 13 heavy (non-hydrogen) atoms. The summed E-state index contributed by atoms with van der Waals surface area (Å²) in [4.78, 5) is 0.699. The zero-order valence-corrected chi connectivity index (χ0v) is 8.81. The molecule has 2 nitrogen and oxygen atoms in total. The van der Waals surface area contributed by atoms with Crippen molar-refractivity contribution in [2.45, 2.75) is 17.9 Å². The van der Waals surface area contributed by atoms with E-state index in [4.69, 9.17) is 16.7 Å². The van der Waals surface area contributed by atoms with Crippen molar-refractivity contribution in [3.05, 3.63) is 29.3 Å². The summed E-state index contributed by atoms with van der Waals surface area (Å²) in [6.07, 6.45) is -0.545. The highest BCUT2D eigenvalue weighted by Gasteiger charge is 2.06. The van der Waals surface area contributed by atoms with Crippen LogP contribution in [0.4, 0.5) is 0 Å². The van der Waals surface area contributed by atoms with Gasteiger partial charge in [-0.05, 0) is 31.2 Å². The van der Waals surface area contributed by atoms with Crippen LogP contribution in [0.25, 0.3) is 0 Å². The normalized spacial score (nSPS) is 15.3. The summed E-state index contributed by atoms with van der Waals surface area (Å²) in [5, 5.41) is 9.64. The van der Waals surface area contributed by atoms with Gasteiger partial charge in [0.2, 0.25) is 0 Å². The van der Waals surface area contributed by atoms with Crippen LogP contribution in [0.5, 0.6) is 0 Å². The quantitative estimate of drug-likeness (QED) is 0.841. The summed E-state index contributed by atoms with van der Waals surface area (Å²) in [6.45, 7) is 1.62. The van der Waals surface area contributed by atoms with Crippen molar-refractivity contribution in [3.63, 3.8) is 0 Å². The first-order valence-corrected chi connectivity index (χ1v) is 5.61. The molecule has 0 heterocycles. The molecule has 1 N–H and O–H groups in total. The number of rotatable bonds is 3. The number of aliphatic hydroxyl groups excluding tert-OH is 1. The van der Waals surface area contributed by atoms with Gasteiger partial charge in [-0.25, -0.2) is 0 Å². The highest BCUT2D eigenvalue weighted by atomic mass is 35.5. The second-order valence-electron chi connectivity index (χ2n) is 2.82. The Hall–Kier alpha value is -0.380. The summed E-state index contributed by atoms with van der Waals surface area (Å²) >= 11 is 5.67. The smallest absolute Gasteiger partial charge is 0.0630 e. The van der Waals surface area contributed by atoms with Crippen LogP contribution in [-0.2, 0) is 10.8 Å². The molecule has 2 atom stereocenters. The van der Waals surface area contributed by atoms with Gasteiger partial charge in [-0.1, -0.05) is 11.6 Å². The molecular formula is C9H11ClO2S. The van der Waals surface area contributed by atoms with Crippen molar-refractivity contribution in [2.24, 2.45) is 0 Å². The molecule has 0 saturated carbocycles. The topological polar surface area (TPSA) is 37.3 Å². The Kier molecular flexibility index (Phi) is 3.90. The van der Waals surface area contributed by atoms with E-state index >= 15 is 0 Å². The Labute approximate surface area is 85.0 Å². The van der Waals surface area contributed by atoms with E-state index in [0.29, 0.717) is 9.92 Å². The average Bonchev–Trinajstić information content (AvgIpc) is 2.04. The molecule has 1 aromatic carbocycles.